The Hall–Kier alpha value is -2.67. The van der Waals surface area contributed by atoms with Crippen molar-refractivity contribution in [3.8, 4) is 11.4 Å². The molecule has 0 aliphatic rings. The molecule has 0 aliphatic heterocycles. The van der Waals surface area contributed by atoms with Gasteiger partial charge in [0.1, 0.15) is 5.82 Å². The summed E-state index contributed by atoms with van der Waals surface area (Å²) in [5, 5.41) is 9.88. The fraction of sp³-hybridized carbons (Fsp3) is 0.167. The first-order valence-corrected chi connectivity index (χ1v) is 8.62. The minimum atomic E-state index is -0.397. The van der Waals surface area contributed by atoms with Gasteiger partial charge in [-0.25, -0.2) is 9.37 Å². The Morgan fingerprint density at radius 2 is 1.84 bits per heavy atom. The van der Waals surface area contributed by atoms with E-state index in [4.69, 9.17) is 0 Å². The number of aromatic nitrogens is 3. The van der Waals surface area contributed by atoms with E-state index in [9.17, 15) is 9.18 Å². The monoisotopic (exact) mass is 356 g/mol. The number of amides is 1. The molecule has 5 nitrogen and oxygen atoms in total. The predicted octanol–water partition coefficient (Wildman–Crippen LogP) is 4.04. The molecule has 1 amide bonds. The van der Waals surface area contributed by atoms with E-state index in [0.29, 0.717) is 16.7 Å². The van der Waals surface area contributed by atoms with Crippen LogP contribution >= 0.6 is 11.8 Å². The largest absolute Gasteiger partial charge is 0.325 e. The molecule has 3 rings (SSSR count). The van der Waals surface area contributed by atoms with Crippen LogP contribution in [0.25, 0.3) is 11.4 Å². The van der Waals surface area contributed by atoms with E-state index < -0.39 is 5.25 Å². The quantitative estimate of drug-likeness (QED) is 0.677. The van der Waals surface area contributed by atoms with Crippen LogP contribution in [-0.2, 0) is 4.79 Å². The predicted molar refractivity (Wildman–Crippen MR) is 96.9 cm³/mol. The summed E-state index contributed by atoms with van der Waals surface area (Å²) in [6.45, 7) is 3.79. The maximum atomic E-state index is 12.9. The molecule has 0 radical (unpaired) electrons. The number of nitrogens with zero attached hydrogens (tertiary/aromatic N) is 2. The topological polar surface area (TPSA) is 70.7 Å². The molecular formula is C18H17FN4OS. The molecule has 2 N–H and O–H groups in total. The van der Waals surface area contributed by atoms with Crippen molar-refractivity contribution in [1.82, 2.24) is 15.2 Å². The third-order valence-electron chi connectivity index (χ3n) is 3.55. The van der Waals surface area contributed by atoms with Crippen molar-refractivity contribution in [3.63, 3.8) is 0 Å². The number of aromatic amines is 1. The van der Waals surface area contributed by atoms with Crippen LogP contribution in [0, 0.1) is 12.7 Å². The molecule has 0 unspecified atom stereocenters. The first-order chi connectivity index (χ1) is 12.0. The van der Waals surface area contributed by atoms with Gasteiger partial charge in [-0.1, -0.05) is 41.6 Å². The van der Waals surface area contributed by atoms with E-state index in [1.54, 1.807) is 6.92 Å². The SMILES string of the molecule is Cc1ccc(-c2nc(S[C@H](C)C(=O)Nc3ccc(F)cc3)n[nH]2)cc1. The zero-order chi connectivity index (χ0) is 17.8. The van der Waals surface area contributed by atoms with Crippen molar-refractivity contribution < 1.29 is 9.18 Å². The molecule has 0 saturated heterocycles. The Kier molecular flexibility index (Phi) is 5.14. The highest BCUT2D eigenvalue weighted by atomic mass is 32.2. The lowest BCUT2D eigenvalue weighted by molar-refractivity contribution is -0.115. The van der Waals surface area contributed by atoms with E-state index in [1.165, 1.54) is 41.6 Å². The molecule has 25 heavy (non-hydrogen) atoms. The van der Waals surface area contributed by atoms with Crippen LogP contribution in [0.4, 0.5) is 10.1 Å². The molecule has 0 spiro atoms. The average molecular weight is 356 g/mol. The Morgan fingerprint density at radius 1 is 1.16 bits per heavy atom. The highest BCUT2D eigenvalue weighted by Crippen LogP contribution is 2.23. The van der Waals surface area contributed by atoms with Gasteiger partial charge in [-0.3, -0.25) is 9.89 Å². The first-order valence-electron chi connectivity index (χ1n) is 7.74. The number of thioether (sulfide) groups is 1. The third-order valence-corrected chi connectivity index (χ3v) is 4.51. The average Bonchev–Trinajstić information content (AvgIpc) is 3.06. The van der Waals surface area contributed by atoms with Crippen molar-refractivity contribution in [3.05, 3.63) is 59.9 Å². The van der Waals surface area contributed by atoms with Gasteiger partial charge >= 0.3 is 0 Å². The van der Waals surface area contributed by atoms with Crippen molar-refractivity contribution in [2.24, 2.45) is 0 Å². The summed E-state index contributed by atoms with van der Waals surface area (Å²) in [6.07, 6.45) is 0. The van der Waals surface area contributed by atoms with Gasteiger partial charge in [0.15, 0.2) is 5.82 Å². The number of carbonyl (C=O) groups is 1. The van der Waals surface area contributed by atoms with Crippen LogP contribution in [0.1, 0.15) is 12.5 Å². The molecule has 1 aromatic heterocycles. The van der Waals surface area contributed by atoms with Gasteiger partial charge in [-0.05, 0) is 38.1 Å². The fourth-order valence-electron chi connectivity index (χ4n) is 2.13. The fourth-order valence-corrected chi connectivity index (χ4v) is 2.85. The lowest BCUT2D eigenvalue weighted by Crippen LogP contribution is -2.22. The Balaban J connectivity index is 1.62. The lowest BCUT2D eigenvalue weighted by atomic mass is 10.1. The maximum Gasteiger partial charge on any atom is 0.237 e. The Bertz CT molecular complexity index is 862. The minimum Gasteiger partial charge on any atom is -0.325 e. The first kappa shape index (κ1) is 17.2. The van der Waals surface area contributed by atoms with Crippen LogP contribution in [-0.4, -0.2) is 26.3 Å². The number of hydrogen-bond donors (Lipinski definition) is 2. The highest BCUT2D eigenvalue weighted by Gasteiger charge is 2.17. The minimum absolute atomic E-state index is 0.196. The summed E-state index contributed by atoms with van der Waals surface area (Å²) < 4.78 is 12.9. The normalized spacial score (nSPS) is 12.0. The van der Waals surface area contributed by atoms with Crippen molar-refractivity contribution in [1.29, 1.82) is 0 Å². The standard InChI is InChI=1S/C18H17FN4OS/c1-11-3-5-13(6-4-11)16-21-18(23-22-16)25-12(2)17(24)20-15-9-7-14(19)8-10-15/h3-10,12H,1-2H3,(H,20,24)(H,21,22,23)/t12-/m1/s1. The van der Waals surface area contributed by atoms with Gasteiger partial charge in [-0.2, -0.15) is 0 Å². The second-order valence-electron chi connectivity index (χ2n) is 5.59. The summed E-state index contributed by atoms with van der Waals surface area (Å²) in [5.74, 6) is 0.122. The summed E-state index contributed by atoms with van der Waals surface area (Å²) in [4.78, 5) is 16.6. The number of aryl methyl sites for hydroxylation is 1. The molecule has 2 aromatic carbocycles. The van der Waals surface area contributed by atoms with Crippen LogP contribution in [0.15, 0.2) is 53.7 Å². The molecule has 1 atom stereocenters. The zero-order valence-electron chi connectivity index (χ0n) is 13.8. The third kappa shape index (κ3) is 4.45. The summed E-state index contributed by atoms with van der Waals surface area (Å²) in [7, 11) is 0. The number of halogens is 1. The number of carbonyl (C=O) groups excluding carboxylic acids is 1. The van der Waals surface area contributed by atoms with E-state index >= 15 is 0 Å². The maximum absolute atomic E-state index is 12.9. The van der Waals surface area contributed by atoms with E-state index in [1.807, 2.05) is 31.2 Å². The summed E-state index contributed by atoms with van der Waals surface area (Å²) >= 11 is 1.25. The summed E-state index contributed by atoms with van der Waals surface area (Å²) in [5.41, 5.74) is 2.66. The second kappa shape index (κ2) is 7.48. The molecule has 0 aliphatic carbocycles. The second-order valence-corrected chi connectivity index (χ2v) is 6.90. The van der Waals surface area contributed by atoms with Crippen LogP contribution in [0.5, 0.6) is 0 Å². The van der Waals surface area contributed by atoms with E-state index in [2.05, 4.69) is 20.5 Å². The van der Waals surface area contributed by atoms with Crippen molar-refractivity contribution >= 4 is 23.4 Å². The van der Waals surface area contributed by atoms with Gasteiger partial charge < -0.3 is 5.32 Å². The molecule has 3 aromatic rings. The molecule has 0 fully saturated rings. The molecule has 7 heteroatoms. The molecule has 1 heterocycles. The number of benzene rings is 2. The van der Waals surface area contributed by atoms with Gasteiger partial charge in [0.2, 0.25) is 11.1 Å². The number of anilines is 1. The van der Waals surface area contributed by atoms with E-state index in [-0.39, 0.29) is 11.7 Å². The number of H-pyrrole nitrogens is 1. The van der Waals surface area contributed by atoms with E-state index in [0.717, 1.165) is 5.56 Å². The number of hydrogen-bond acceptors (Lipinski definition) is 4. The highest BCUT2D eigenvalue weighted by molar-refractivity contribution is 8.00. The molecular weight excluding hydrogens is 339 g/mol. The lowest BCUT2D eigenvalue weighted by Gasteiger charge is -2.09. The zero-order valence-corrected chi connectivity index (χ0v) is 14.6. The molecule has 128 valence electrons. The van der Waals surface area contributed by atoms with Crippen molar-refractivity contribution in [2.45, 2.75) is 24.3 Å². The van der Waals surface area contributed by atoms with Crippen LogP contribution < -0.4 is 5.32 Å². The molecule has 0 saturated carbocycles. The number of nitrogens with one attached hydrogen (secondary N) is 2. The van der Waals surface area contributed by atoms with Crippen molar-refractivity contribution in [2.75, 3.05) is 5.32 Å². The van der Waals surface area contributed by atoms with Crippen LogP contribution in [0.3, 0.4) is 0 Å². The van der Waals surface area contributed by atoms with Gasteiger partial charge in [0, 0.05) is 11.3 Å². The Morgan fingerprint density at radius 3 is 2.52 bits per heavy atom. The van der Waals surface area contributed by atoms with Crippen LogP contribution in [0.2, 0.25) is 0 Å². The smallest absolute Gasteiger partial charge is 0.237 e. The van der Waals surface area contributed by atoms with Gasteiger partial charge in [0.05, 0.1) is 5.25 Å². The van der Waals surface area contributed by atoms with Gasteiger partial charge in [-0.15, -0.1) is 5.10 Å². The number of rotatable bonds is 5. The Labute approximate surface area is 149 Å². The van der Waals surface area contributed by atoms with Gasteiger partial charge in [0.25, 0.3) is 0 Å². The summed E-state index contributed by atoms with van der Waals surface area (Å²) in [6, 6.07) is 13.6. The molecule has 0 bridgehead atoms.